The first kappa shape index (κ1) is 17.4. The van der Waals surface area contributed by atoms with Crippen molar-refractivity contribution in [2.24, 2.45) is 5.10 Å². The van der Waals surface area contributed by atoms with E-state index >= 15 is 0 Å². The SMILES string of the molecule is CCOC(=O)C1=NN(c2ccc([N+](=O)[O-])cc2C)[C@](C)(C(=O)O)C1. The van der Waals surface area contributed by atoms with Gasteiger partial charge in [-0.05, 0) is 32.4 Å². The van der Waals surface area contributed by atoms with E-state index in [1.54, 1.807) is 13.8 Å². The highest BCUT2D eigenvalue weighted by molar-refractivity contribution is 6.38. The molecule has 0 radical (unpaired) electrons. The number of carboxylic acids is 1. The lowest BCUT2D eigenvalue weighted by Gasteiger charge is -2.30. The fourth-order valence-electron chi connectivity index (χ4n) is 2.47. The number of nitrogens with zero attached hydrogens (tertiary/aromatic N) is 3. The summed E-state index contributed by atoms with van der Waals surface area (Å²) in [5.41, 5.74) is -0.736. The number of hydrogen-bond donors (Lipinski definition) is 1. The maximum absolute atomic E-state index is 11.9. The minimum Gasteiger partial charge on any atom is -0.479 e. The van der Waals surface area contributed by atoms with E-state index in [4.69, 9.17) is 4.74 Å². The van der Waals surface area contributed by atoms with E-state index in [-0.39, 0.29) is 24.4 Å². The zero-order valence-corrected chi connectivity index (χ0v) is 13.5. The van der Waals surface area contributed by atoms with Crippen LogP contribution in [0.3, 0.4) is 0 Å². The molecular formula is C15H17N3O6. The third kappa shape index (κ3) is 2.92. The number of non-ortho nitro benzene ring substituents is 1. The second-order valence-corrected chi connectivity index (χ2v) is 5.56. The molecule has 9 nitrogen and oxygen atoms in total. The lowest BCUT2D eigenvalue weighted by Crippen LogP contribution is -2.47. The van der Waals surface area contributed by atoms with Crippen molar-refractivity contribution in [3.05, 3.63) is 33.9 Å². The third-order valence-corrected chi connectivity index (χ3v) is 3.79. The monoisotopic (exact) mass is 335 g/mol. The van der Waals surface area contributed by atoms with Gasteiger partial charge in [0.1, 0.15) is 5.71 Å². The summed E-state index contributed by atoms with van der Waals surface area (Å²) in [4.78, 5) is 33.9. The number of carbonyl (C=O) groups is 2. The van der Waals surface area contributed by atoms with Crippen molar-refractivity contribution in [1.82, 2.24) is 0 Å². The molecule has 0 bridgehead atoms. The van der Waals surface area contributed by atoms with Crippen LogP contribution < -0.4 is 5.01 Å². The number of carbonyl (C=O) groups excluding carboxylic acids is 1. The van der Waals surface area contributed by atoms with Gasteiger partial charge in [-0.1, -0.05) is 0 Å². The molecule has 0 unspecified atom stereocenters. The van der Waals surface area contributed by atoms with Gasteiger partial charge < -0.3 is 9.84 Å². The van der Waals surface area contributed by atoms with Crippen LogP contribution >= 0.6 is 0 Å². The van der Waals surface area contributed by atoms with Crippen LogP contribution in [0.25, 0.3) is 0 Å². The average Bonchev–Trinajstić information content (AvgIpc) is 2.86. The molecule has 128 valence electrons. The van der Waals surface area contributed by atoms with E-state index in [0.717, 1.165) is 0 Å². The van der Waals surface area contributed by atoms with Gasteiger partial charge in [-0.25, -0.2) is 14.6 Å². The van der Waals surface area contributed by atoms with E-state index in [1.807, 2.05) is 0 Å². The minimum atomic E-state index is -1.48. The van der Waals surface area contributed by atoms with Crippen molar-refractivity contribution in [3.8, 4) is 0 Å². The van der Waals surface area contributed by atoms with E-state index in [1.165, 1.54) is 30.1 Å². The maximum atomic E-state index is 11.9. The van der Waals surface area contributed by atoms with Crippen molar-refractivity contribution in [2.75, 3.05) is 11.6 Å². The first-order valence-electron chi connectivity index (χ1n) is 7.24. The summed E-state index contributed by atoms with van der Waals surface area (Å²) in [5.74, 6) is -1.84. The minimum absolute atomic E-state index is 0.000460. The summed E-state index contributed by atoms with van der Waals surface area (Å²) < 4.78 is 4.89. The van der Waals surface area contributed by atoms with Crippen molar-refractivity contribution in [1.29, 1.82) is 0 Å². The Morgan fingerprint density at radius 1 is 1.50 bits per heavy atom. The maximum Gasteiger partial charge on any atom is 0.354 e. The second kappa shape index (κ2) is 6.26. The standard InChI is InChI=1S/C15H17N3O6/c1-4-24-13(19)11-8-15(3,14(20)21)17(16-11)12-6-5-10(18(22)23)7-9(12)2/h5-7H,4,8H2,1-3H3,(H,20,21)/t15-/m0/s1. The van der Waals surface area contributed by atoms with Crippen LogP contribution in [0, 0.1) is 17.0 Å². The molecule has 0 amide bonds. The largest absolute Gasteiger partial charge is 0.479 e. The molecule has 1 aliphatic rings. The average molecular weight is 335 g/mol. The molecular weight excluding hydrogens is 318 g/mol. The first-order valence-corrected chi connectivity index (χ1v) is 7.24. The molecule has 9 heteroatoms. The Hall–Kier alpha value is -2.97. The van der Waals surface area contributed by atoms with Crippen molar-refractivity contribution >= 4 is 29.0 Å². The van der Waals surface area contributed by atoms with E-state index in [9.17, 15) is 24.8 Å². The van der Waals surface area contributed by atoms with Gasteiger partial charge in [0.25, 0.3) is 5.69 Å². The van der Waals surface area contributed by atoms with Gasteiger partial charge in [0.2, 0.25) is 0 Å². The highest BCUT2D eigenvalue weighted by Gasteiger charge is 2.48. The van der Waals surface area contributed by atoms with Crippen LogP contribution in [-0.4, -0.2) is 39.8 Å². The number of benzene rings is 1. The van der Waals surface area contributed by atoms with E-state index < -0.39 is 22.4 Å². The summed E-state index contributed by atoms with van der Waals surface area (Å²) >= 11 is 0. The molecule has 1 heterocycles. The third-order valence-electron chi connectivity index (χ3n) is 3.79. The molecule has 24 heavy (non-hydrogen) atoms. The van der Waals surface area contributed by atoms with Gasteiger partial charge in [-0.2, -0.15) is 5.10 Å². The zero-order valence-electron chi connectivity index (χ0n) is 13.5. The number of ether oxygens (including phenoxy) is 1. The van der Waals surface area contributed by atoms with Gasteiger partial charge in [-0.3, -0.25) is 10.1 Å². The van der Waals surface area contributed by atoms with E-state index in [0.29, 0.717) is 11.3 Å². The van der Waals surface area contributed by atoms with E-state index in [2.05, 4.69) is 5.10 Å². The lowest BCUT2D eigenvalue weighted by atomic mass is 9.94. The Morgan fingerprint density at radius 2 is 2.17 bits per heavy atom. The molecule has 1 aliphatic heterocycles. The van der Waals surface area contributed by atoms with Crippen LogP contribution in [-0.2, 0) is 14.3 Å². The number of aliphatic carboxylic acids is 1. The Bertz CT molecular complexity index is 745. The number of aryl methyl sites for hydroxylation is 1. The van der Waals surface area contributed by atoms with Crippen LogP contribution in [0.15, 0.2) is 23.3 Å². The molecule has 0 saturated heterocycles. The molecule has 0 saturated carbocycles. The van der Waals surface area contributed by atoms with Gasteiger partial charge in [0, 0.05) is 18.6 Å². The number of nitro groups is 1. The predicted octanol–water partition coefficient (Wildman–Crippen LogP) is 1.88. The molecule has 0 spiro atoms. The molecule has 0 aliphatic carbocycles. The number of carboxylic acid groups (broad SMARTS) is 1. The fourth-order valence-corrected chi connectivity index (χ4v) is 2.47. The normalized spacial score (nSPS) is 19.8. The summed E-state index contributed by atoms with van der Waals surface area (Å²) in [6.07, 6.45) is -0.127. The van der Waals surface area contributed by atoms with Crippen LogP contribution in [0.4, 0.5) is 11.4 Å². The fraction of sp³-hybridized carbons (Fsp3) is 0.400. The highest BCUT2D eigenvalue weighted by Crippen LogP contribution is 2.36. The Morgan fingerprint density at radius 3 is 2.67 bits per heavy atom. The Balaban J connectivity index is 2.49. The van der Waals surface area contributed by atoms with Gasteiger partial charge in [0.05, 0.1) is 17.2 Å². The second-order valence-electron chi connectivity index (χ2n) is 5.56. The molecule has 1 aromatic carbocycles. The summed E-state index contributed by atoms with van der Waals surface area (Å²) in [6, 6.07) is 4.02. The van der Waals surface area contributed by atoms with Crippen LogP contribution in [0.5, 0.6) is 0 Å². The zero-order chi connectivity index (χ0) is 18.1. The number of nitro benzene ring substituents is 1. The quantitative estimate of drug-likeness (QED) is 0.495. The summed E-state index contributed by atoms with van der Waals surface area (Å²) in [7, 11) is 0. The Kier molecular flexibility index (Phi) is 4.54. The number of hydrazone groups is 1. The van der Waals surface area contributed by atoms with Crippen LogP contribution in [0.1, 0.15) is 25.8 Å². The number of esters is 1. The molecule has 0 fully saturated rings. The molecule has 2 rings (SSSR count). The molecule has 1 N–H and O–H groups in total. The number of anilines is 1. The molecule has 0 aromatic heterocycles. The van der Waals surface area contributed by atoms with Crippen LogP contribution in [0.2, 0.25) is 0 Å². The topological polar surface area (TPSA) is 122 Å². The summed E-state index contributed by atoms with van der Waals surface area (Å²) in [5, 5.41) is 25.8. The summed E-state index contributed by atoms with van der Waals surface area (Å²) in [6.45, 7) is 4.84. The smallest absolute Gasteiger partial charge is 0.354 e. The van der Waals surface area contributed by atoms with Gasteiger partial charge >= 0.3 is 11.9 Å². The lowest BCUT2D eigenvalue weighted by molar-refractivity contribution is -0.384. The highest BCUT2D eigenvalue weighted by atomic mass is 16.6. The van der Waals surface area contributed by atoms with Gasteiger partial charge in [0.15, 0.2) is 5.54 Å². The number of rotatable bonds is 5. The molecule has 1 aromatic rings. The van der Waals surface area contributed by atoms with Crippen molar-refractivity contribution in [3.63, 3.8) is 0 Å². The molecule has 1 atom stereocenters. The van der Waals surface area contributed by atoms with Crippen molar-refractivity contribution < 1.29 is 24.4 Å². The number of hydrogen-bond acceptors (Lipinski definition) is 7. The van der Waals surface area contributed by atoms with Gasteiger partial charge in [-0.15, -0.1) is 0 Å². The first-order chi connectivity index (χ1) is 11.2. The van der Waals surface area contributed by atoms with Crippen molar-refractivity contribution in [2.45, 2.75) is 32.7 Å². The Labute approximate surface area is 137 Å². The predicted molar refractivity (Wildman–Crippen MR) is 85.0 cm³/mol.